The van der Waals surface area contributed by atoms with Crippen LogP contribution in [0.25, 0.3) is 55.4 Å². The predicted molar refractivity (Wildman–Crippen MR) is 189 cm³/mol. The fraction of sp³-hybridized carbons (Fsp3) is 0.0513. The minimum absolute atomic E-state index is 0.399. The van der Waals surface area contributed by atoms with Crippen molar-refractivity contribution in [1.29, 1.82) is 0 Å². The molecule has 0 aliphatic heterocycles. The number of para-hydroxylation sites is 2. The lowest BCUT2D eigenvalue weighted by atomic mass is 10.1. The molecule has 0 saturated heterocycles. The van der Waals surface area contributed by atoms with Crippen LogP contribution in [0.5, 0.6) is 0 Å². The van der Waals surface area contributed by atoms with E-state index in [1.54, 1.807) is 6.08 Å². The van der Waals surface area contributed by atoms with E-state index in [0.29, 0.717) is 12.4 Å². The molecule has 0 aliphatic carbocycles. The Labute approximate surface area is 261 Å². The largest absolute Gasteiger partial charge is 0.383 e. The average Bonchev–Trinajstić information content (AvgIpc) is 3.58. The van der Waals surface area contributed by atoms with Crippen molar-refractivity contribution >= 4 is 55.5 Å². The van der Waals surface area contributed by atoms with E-state index in [0.717, 1.165) is 66.5 Å². The first-order valence-electron chi connectivity index (χ1n) is 15.0. The summed E-state index contributed by atoms with van der Waals surface area (Å²) in [4.78, 5) is 15.1. The summed E-state index contributed by atoms with van der Waals surface area (Å²) in [6.07, 6.45) is 11.5. The molecule has 7 rings (SSSR count). The lowest BCUT2D eigenvalue weighted by Gasteiger charge is -2.09. The number of nitrogens with two attached hydrogens (primary N) is 1. The highest BCUT2D eigenvalue weighted by molar-refractivity contribution is 6.14. The molecule has 4 heterocycles. The molecule has 2 N–H and O–H groups in total. The molecule has 0 radical (unpaired) electrons. The topological polar surface area (TPSA) is 74.0 Å². The fourth-order valence-corrected chi connectivity index (χ4v) is 5.88. The highest BCUT2D eigenvalue weighted by Gasteiger charge is 2.19. The molecule has 0 aliphatic rings. The summed E-state index contributed by atoms with van der Waals surface area (Å²) in [5.74, 6) is 0.399. The van der Waals surface area contributed by atoms with Gasteiger partial charge in [-0.1, -0.05) is 97.6 Å². The molecule has 0 fully saturated rings. The van der Waals surface area contributed by atoms with Crippen LogP contribution in [0, 0.1) is 0 Å². The summed E-state index contributed by atoms with van der Waals surface area (Å²) in [5.41, 5.74) is 16.0. The Balaban J connectivity index is 1.45. The zero-order chi connectivity index (χ0) is 30.8. The van der Waals surface area contributed by atoms with Gasteiger partial charge in [0.1, 0.15) is 11.5 Å². The van der Waals surface area contributed by atoms with E-state index < -0.39 is 0 Å². The third-order valence-corrected chi connectivity index (χ3v) is 7.99. The van der Waals surface area contributed by atoms with Crippen molar-refractivity contribution in [1.82, 2.24) is 19.1 Å². The zero-order valence-corrected chi connectivity index (χ0v) is 25.0. The first-order chi connectivity index (χ1) is 22.2. The van der Waals surface area contributed by atoms with Crippen LogP contribution in [0.15, 0.2) is 157 Å². The van der Waals surface area contributed by atoms with E-state index in [1.165, 1.54) is 0 Å². The molecule has 0 saturated carbocycles. The predicted octanol–water partition coefficient (Wildman–Crippen LogP) is 8.77. The summed E-state index contributed by atoms with van der Waals surface area (Å²) in [7, 11) is 0. The molecule has 0 atom stereocenters. The molecule has 7 aromatic rings. The van der Waals surface area contributed by atoms with Gasteiger partial charge in [-0.15, -0.1) is 0 Å². The quantitative estimate of drug-likeness (QED) is 0.110. The van der Waals surface area contributed by atoms with Crippen molar-refractivity contribution in [2.75, 3.05) is 0 Å². The number of pyridine rings is 2. The molecule has 0 unspecified atom stereocenters. The first-order valence-corrected chi connectivity index (χ1v) is 15.0. The minimum atomic E-state index is 0.399. The molecule has 0 amide bonds. The van der Waals surface area contributed by atoms with Gasteiger partial charge < -0.3 is 14.9 Å². The molecule has 3 aromatic carbocycles. The van der Waals surface area contributed by atoms with Crippen molar-refractivity contribution in [3.05, 3.63) is 157 Å². The summed E-state index contributed by atoms with van der Waals surface area (Å²) in [6, 6.07) is 35.3. The number of nitrogens with zero attached hydrogens (tertiary/aromatic N) is 5. The first kappa shape index (κ1) is 27.8. The second kappa shape index (κ2) is 11.9. The Morgan fingerprint density at radius 2 is 1.58 bits per heavy atom. The van der Waals surface area contributed by atoms with Gasteiger partial charge >= 0.3 is 0 Å². The van der Waals surface area contributed by atoms with Gasteiger partial charge in [0, 0.05) is 34.8 Å². The number of fused-ring (bicyclic) bond motifs is 6. The Morgan fingerprint density at radius 3 is 2.36 bits per heavy atom. The molecule has 0 bridgehead atoms. The van der Waals surface area contributed by atoms with Crippen LogP contribution in [0.2, 0.25) is 0 Å². The zero-order valence-electron chi connectivity index (χ0n) is 25.0. The van der Waals surface area contributed by atoms with E-state index in [-0.39, 0.29) is 0 Å². The Bertz CT molecular complexity index is 2320. The number of allylic oxidation sites excluding steroid dienone is 4. The molecular formula is C39H32N6. The van der Waals surface area contributed by atoms with Crippen LogP contribution in [0.1, 0.15) is 12.5 Å². The highest BCUT2D eigenvalue weighted by Crippen LogP contribution is 2.36. The Hall–Kier alpha value is -6.01. The minimum Gasteiger partial charge on any atom is -0.383 e. The van der Waals surface area contributed by atoms with Gasteiger partial charge in [-0.25, -0.2) is 9.98 Å². The normalized spacial score (nSPS) is 13.1. The van der Waals surface area contributed by atoms with Crippen LogP contribution in [0.3, 0.4) is 0 Å². The number of hydrogen-bond acceptors (Lipinski definition) is 3. The summed E-state index contributed by atoms with van der Waals surface area (Å²) >= 11 is 0. The van der Waals surface area contributed by atoms with E-state index in [9.17, 15) is 0 Å². The maximum absolute atomic E-state index is 6.51. The van der Waals surface area contributed by atoms with Crippen LogP contribution < -0.4 is 5.73 Å². The van der Waals surface area contributed by atoms with E-state index >= 15 is 0 Å². The van der Waals surface area contributed by atoms with Crippen molar-refractivity contribution in [2.45, 2.75) is 13.5 Å². The number of hydrogen-bond donors (Lipinski definition) is 1. The second-order valence-electron chi connectivity index (χ2n) is 10.7. The van der Waals surface area contributed by atoms with Gasteiger partial charge in [0.15, 0.2) is 0 Å². The smallest absolute Gasteiger partial charge is 0.143 e. The van der Waals surface area contributed by atoms with E-state index in [1.807, 2.05) is 73.8 Å². The molecule has 0 spiro atoms. The third kappa shape index (κ3) is 5.02. The number of rotatable bonds is 8. The van der Waals surface area contributed by atoms with Crippen molar-refractivity contribution in [2.24, 2.45) is 10.7 Å². The van der Waals surface area contributed by atoms with Crippen LogP contribution in [-0.2, 0) is 6.54 Å². The van der Waals surface area contributed by atoms with Gasteiger partial charge in [0.25, 0.3) is 0 Å². The summed E-state index contributed by atoms with van der Waals surface area (Å²) in [6.45, 7) is 6.41. The standard InChI is InChI=1S/C39H32N6/c1-3-5-15-27(4-2)38(40)42-32(28-16-8-6-9-17-28)23-25-44-34-22-14-24-41-36(34)31-26-35-37(43-39(31)44)30-20-12-13-21-33(30)45(35)29-18-10-7-11-19-29/h3-24,26H,2,25H2,1H3,(H2,40,42)/b5-3-,27-15+,32-23-. The molecule has 6 nitrogen and oxygen atoms in total. The SMILES string of the molecule is C=CC(=C\C=C/C)/C(N)=N\C(=C/Cn1c2cccnc2c2cc3c(nc21)c1ccccc1n3-c1ccccc1)c1ccccc1. The molecule has 6 heteroatoms. The lowest BCUT2D eigenvalue weighted by molar-refractivity contribution is 0.885. The van der Waals surface area contributed by atoms with Crippen molar-refractivity contribution in [3.8, 4) is 5.69 Å². The van der Waals surface area contributed by atoms with E-state index in [4.69, 9.17) is 20.7 Å². The summed E-state index contributed by atoms with van der Waals surface area (Å²) < 4.78 is 4.50. The number of aromatic nitrogens is 4. The number of benzene rings is 3. The van der Waals surface area contributed by atoms with Crippen LogP contribution in [0.4, 0.5) is 0 Å². The van der Waals surface area contributed by atoms with Crippen molar-refractivity contribution < 1.29 is 0 Å². The third-order valence-electron chi connectivity index (χ3n) is 7.99. The van der Waals surface area contributed by atoms with Gasteiger partial charge in [-0.3, -0.25) is 4.98 Å². The summed E-state index contributed by atoms with van der Waals surface area (Å²) in [5, 5.41) is 2.10. The van der Waals surface area contributed by atoms with Gasteiger partial charge in [-0.2, -0.15) is 0 Å². The molecular weight excluding hydrogens is 552 g/mol. The average molecular weight is 585 g/mol. The molecule has 45 heavy (non-hydrogen) atoms. The van der Waals surface area contributed by atoms with Gasteiger partial charge in [0.05, 0.1) is 33.3 Å². The monoisotopic (exact) mass is 584 g/mol. The second-order valence-corrected chi connectivity index (χ2v) is 10.7. The highest BCUT2D eigenvalue weighted by atomic mass is 15.1. The molecule has 218 valence electrons. The van der Waals surface area contributed by atoms with Crippen molar-refractivity contribution in [3.63, 3.8) is 0 Å². The maximum atomic E-state index is 6.51. The van der Waals surface area contributed by atoms with Crippen LogP contribution >= 0.6 is 0 Å². The van der Waals surface area contributed by atoms with Gasteiger partial charge in [-0.05, 0) is 55.0 Å². The Kier molecular flexibility index (Phi) is 7.37. The Morgan fingerprint density at radius 1 is 0.844 bits per heavy atom. The number of amidine groups is 1. The molecule has 4 aromatic heterocycles. The van der Waals surface area contributed by atoms with E-state index in [2.05, 4.69) is 82.5 Å². The van der Waals surface area contributed by atoms with Crippen LogP contribution in [-0.4, -0.2) is 24.9 Å². The van der Waals surface area contributed by atoms with Gasteiger partial charge in [0.2, 0.25) is 0 Å². The number of aliphatic imine (C=N–C) groups is 1. The lowest BCUT2D eigenvalue weighted by Crippen LogP contribution is -2.14. The maximum Gasteiger partial charge on any atom is 0.143 e. The fourth-order valence-electron chi connectivity index (χ4n) is 5.88.